The zero-order valence-corrected chi connectivity index (χ0v) is 13.2. The normalized spacial score (nSPS) is 16.7. The first-order valence-corrected chi connectivity index (χ1v) is 7.49. The number of aryl methyl sites for hydroxylation is 2. The average molecular weight is 299 g/mol. The highest BCUT2D eigenvalue weighted by atomic mass is 16.7. The molecule has 0 radical (unpaired) electrons. The van der Waals surface area contributed by atoms with Gasteiger partial charge < -0.3 is 14.8 Å². The molecule has 2 heterocycles. The van der Waals surface area contributed by atoms with Crippen LogP contribution >= 0.6 is 0 Å². The first kappa shape index (κ1) is 14.9. The Kier molecular flexibility index (Phi) is 4.09. The van der Waals surface area contributed by atoms with E-state index in [0.717, 1.165) is 28.5 Å². The molecule has 1 aliphatic rings. The lowest BCUT2D eigenvalue weighted by atomic mass is 10.0. The Balaban J connectivity index is 1.73. The van der Waals surface area contributed by atoms with E-state index in [1.54, 1.807) is 0 Å². The smallest absolute Gasteiger partial charge is 0.192 e. The van der Waals surface area contributed by atoms with Gasteiger partial charge in [-0.15, -0.1) is 0 Å². The Morgan fingerprint density at radius 2 is 1.91 bits per heavy atom. The van der Waals surface area contributed by atoms with Gasteiger partial charge in [-0.3, -0.25) is 0 Å². The van der Waals surface area contributed by atoms with E-state index in [2.05, 4.69) is 27.4 Å². The lowest BCUT2D eigenvalue weighted by Crippen LogP contribution is -2.22. The van der Waals surface area contributed by atoms with Crippen molar-refractivity contribution in [3.8, 4) is 0 Å². The molecule has 0 atom stereocenters. The van der Waals surface area contributed by atoms with Gasteiger partial charge in [-0.25, -0.2) is 9.97 Å². The number of hydrogen-bond donors (Lipinski definition) is 1. The van der Waals surface area contributed by atoms with Crippen LogP contribution in [-0.2, 0) is 21.8 Å². The van der Waals surface area contributed by atoms with Crippen LogP contribution in [0, 0.1) is 13.8 Å². The number of ether oxygens (including phenoxy) is 2. The fourth-order valence-electron chi connectivity index (χ4n) is 2.65. The van der Waals surface area contributed by atoms with Crippen LogP contribution < -0.4 is 5.32 Å². The molecule has 0 aliphatic carbocycles. The topological polar surface area (TPSA) is 56.3 Å². The second-order valence-corrected chi connectivity index (χ2v) is 5.64. The van der Waals surface area contributed by atoms with Crippen LogP contribution in [0.3, 0.4) is 0 Å². The fraction of sp³-hybridized carbons (Fsp3) is 0.412. The third-order valence-electron chi connectivity index (χ3n) is 3.73. The third-order valence-corrected chi connectivity index (χ3v) is 3.73. The molecule has 0 saturated carbocycles. The van der Waals surface area contributed by atoms with Crippen LogP contribution in [0.15, 0.2) is 30.3 Å². The number of anilines is 1. The van der Waals surface area contributed by atoms with Crippen LogP contribution in [0.2, 0.25) is 0 Å². The SMILES string of the molecule is Cc1cc(NCc2cccc(C3(C)OCCO3)c2)nc(C)n1. The van der Waals surface area contributed by atoms with Crippen molar-refractivity contribution < 1.29 is 9.47 Å². The Morgan fingerprint density at radius 3 is 2.64 bits per heavy atom. The molecule has 1 N–H and O–H groups in total. The maximum Gasteiger partial charge on any atom is 0.192 e. The molecule has 22 heavy (non-hydrogen) atoms. The molecule has 0 amide bonds. The van der Waals surface area contributed by atoms with Gasteiger partial charge in [0.15, 0.2) is 5.79 Å². The third kappa shape index (κ3) is 3.26. The second kappa shape index (κ2) is 6.02. The van der Waals surface area contributed by atoms with Gasteiger partial charge in [-0.1, -0.05) is 18.2 Å². The fourth-order valence-corrected chi connectivity index (χ4v) is 2.65. The summed E-state index contributed by atoms with van der Waals surface area (Å²) in [7, 11) is 0. The number of aromatic nitrogens is 2. The van der Waals surface area contributed by atoms with Gasteiger partial charge in [0, 0.05) is 23.9 Å². The highest BCUT2D eigenvalue weighted by molar-refractivity contribution is 5.37. The summed E-state index contributed by atoms with van der Waals surface area (Å²) in [6.07, 6.45) is 0. The van der Waals surface area contributed by atoms with Crippen molar-refractivity contribution in [1.29, 1.82) is 0 Å². The summed E-state index contributed by atoms with van der Waals surface area (Å²) in [5, 5.41) is 3.34. The lowest BCUT2D eigenvalue weighted by molar-refractivity contribution is -0.149. The van der Waals surface area contributed by atoms with E-state index >= 15 is 0 Å². The average Bonchev–Trinajstić information content (AvgIpc) is 2.93. The maximum atomic E-state index is 5.71. The number of benzene rings is 1. The second-order valence-electron chi connectivity index (χ2n) is 5.64. The highest BCUT2D eigenvalue weighted by Crippen LogP contribution is 2.31. The van der Waals surface area contributed by atoms with Crippen molar-refractivity contribution >= 4 is 5.82 Å². The maximum absolute atomic E-state index is 5.71. The first-order valence-electron chi connectivity index (χ1n) is 7.49. The van der Waals surface area contributed by atoms with Gasteiger partial charge in [0.05, 0.1) is 13.2 Å². The minimum Gasteiger partial charge on any atom is -0.366 e. The summed E-state index contributed by atoms with van der Waals surface area (Å²) in [5.74, 6) is 0.990. The van der Waals surface area contributed by atoms with Crippen molar-refractivity contribution in [3.05, 3.63) is 53.0 Å². The molecule has 1 fully saturated rings. The van der Waals surface area contributed by atoms with E-state index in [0.29, 0.717) is 19.8 Å². The molecule has 5 nitrogen and oxygen atoms in total. The van der Waals surface area contributed by atoms with Crippen molar-refractivity contribution in [2.24, 2.45) is 0 Å². The van der Waals surface area contributed by atoms with Gasteiger partial charge in [0.25, 0.3) is 0 Å². The minimum absolute atomic E-state index is 0.627. The highest BCUT2D eigenvalue weighted by Gasteiger charge is 2.33. The molecule has 1 aliphatic heterocycles. The van der Waals surface area contributed by atoms with Gasteiger partial charge in [0.1, 0.15) is 11.6 Å². The Bertz CT molecular complexity index is 646. The van der Waals surface area contributed by atoms with E-state index in [4.69, 9.17) is 9.47 Å². The predicted octanol–water partition coefficient (Wildman–Crippen LogP) is 2.93. The molecule has 0 bridgehead atoms. The standard InChI is InChI=1S/C17H21N3O2/c1-12-9-16(20-13(2)19-12)18-11-14-5-4-6-15(10-14)17(3)21-7-8-22-17/h4-6,9-10H,7-8,11H2,1-3H3,(H,18,19,20). The van der Waals surface area contributed by atoms with Gasteiger partial charge in [-0.05, 0) is 32.4 Å². The van der Waals surface area contributed by atoms with E-state index < -0.39 is 5.79 Å². The van der Waals surface area contributed by atoms with Crippen LogP contribution in [-0.4, -0.2) is 23.2 Å². The number of nitrogens with one attached hydrogen (secondary N) is 1. The van der Waals surface area contributed by atoms with Crippen LogP contribution in [0.25, 0.3) is 0 Å². The van der Waals surface area contributed by atoms with Gasteiger partial charge in [0.2, 0.25) is 0 Å². The Hall–Kier alpha value is -1.98. The monoisotopic (exact) mass is 299 g/mol. The molecule has 0 unspecified atom stereocenters. The molecule has 1 aromatic carbocycles. The Morgan fingerprint density at radius 1 is 1.14 bits per heavy atom. The zero-order chi connectivity index (χ0) is 15.6. The molecule has 3 rings (SSSR count). The summed E-state index contributed by atoms with van der Waals surface area (Å²) in [4.78, 5) is 8.67. The van der Waals surface area contributed by atoms with E-state index in [1.165, 1.54) is 0 Å². The number of nitrogens with zero attached hydrogens (tertiary/aromatic N) is 2. The summed E-state index contributed by atoms with van der Waals surface area (Å²) >= 11 is 0. The van der Waals surface area contributed by atoms with Gasteiger partial charge >= 0.3 is 0 Å². The summed E-state index contributed by atoms with van der Waals surface area (Å²) < 4.78 is 11.4. The van der Waals surface area contributed by atoms with Crippen LogP contribution in [0.5, 0.6) is 0 Å². The van der Waals surface area contributed by atoms with Crippen molar-refractivity contribution in [2.45, 2.75) is 33.1 Å². The van der Waals surface area contributed by atoms with Crippen molar-refractivity contribution in [2.75, 3.05) is 18.5 Å². The van der Waals surface area contributed by atoms with E-state index in [9.17, 15) is 0 Å². The zero-order valence-electron chi connectivity index (χ0n) is 13.2. The molecular weight excluding hydrogens is 278 g/mol. The first-order chi connectivity index (χ1) is 10.5. The largest absolute Gasteiger partial charge is 0.366 e. The van der Waals surface area contributed by atoms with Crippen molar-refractivity contribution in [1.82, 2.24) is 9.97 Å². The van der Waals surface area contributed by atoms with Gasteiger partial charge in [-0.2, -0.15) is 0 Å². The summed E-state index contributed by atoms with van der Waals surface area (Å²) in [5.41, 5.74) is 3.16. The van der Waals surface area contributed by atoms with Crippen molar-refractivity contribution in [3.63, 3.8) is 0 Å². The molecular formula is C17H21N3O2. The molecule has 5 heteroatoms. The van der Waals surface area contributed by atoms with Crippen LogP contribution in [0.1, 0.15) is 29.6 Å². The predicted molar refractivity (Wildman–Crippen MR) is 84.5 cm³/mol. The molecule has 116 valence electrons. The summed E-state index contributed by atoms with van der Waals surface area (Å²) in [6, 6.07) is 10.2. The number of rotatable bonds is 4. The molecule has 2 aromatic rings. The molecule has 0 spiro atoms. The minimum atomic E-state index is -0.627. The molecule has 1 aromatic heterocycles. The van der Waals surface area contributed by atoms with E-state index in [-0.39, 0.29) is 0 Å². The summed E-state index contributed by atoms with van der Waals surface area (Å²) in [6.45, 7) is 7.80. The lowest BCUT2D eigenvalue weighted by Gasteiger charge is -2.23. The quantitative estimate of drug-likeness (QED) is 0.940. The van der Waals surface area contributed by atoms with E-state index in [1.807, 2.05) is 39.0 Å². The Labute approximate surface area is 130 Å². The number of hydrogen-bond acceptors (Lipinski definition) is 5. The molecule has 1 saturated heterocycles. The van der Waals surface area contributed by atoms with Crippen LogP contribution in [0.4, 0.5) is 5.82 Å².